The van der Waals surface area contributed by atoms with Crippen LogP contribution in [0.15, 0.2) is 17.5 Å². The van der Waals surface area contributed by atoms with E-state index in [1.807, 2.05) is 25.7 Å². The van der Waals surface area contributed by atoms with Crippen molar-refractivity contribution in [1.82, 2.24) is 4.90 Å². The SMILES string of the molecule is CC(C)(C)OC(=O)N1CC[C@@H](c2cccs2)C1. The quantitative estimate of drug-likeness (QED) is 0.767. The summed E-state index contributed by atoms with van der Waals surface area (Å²) in [5, 5.41) is 2.09. The molecule has 1 aliphatic rings. The van der Waals surface area contributed by atoms with Crippen LogP contribution in [0.4, 0.5) is 4.79 Å². The van der Waals surface area contributed by atoms with E-state index in [1.165, 1.54) is 4.88 Å². The summed E-state index contributed by atoms with van der Waals surface area (Å²) in [7, 11) is 0. The molecule has 0 spiro atoms. The number of carbonyl (C=O) groups excluding carboxylic acids is 1. The molecule has 0 N–H and O–H groups in total. The number of carbonyl (C=O) groups is 1. The molecule has 1 aromatic heterocycles. The lowest BCUT2D eigenvalue weighted by atomic mass is 10.1. The predicted molar refractivity (Wildman–Crippen MR) is 69.5 cm³/mol. The Labute approximate surface area is 106 Å². The molecule has 0 unspecified atom stereocenters. The number of amides is 1. The van der Waals surface area contributed by atoms with E-state index in [0.717, 1.165) is 19.5 Å². The summed E-state index contributed by atoms with van der Waals surface area (Å²) in [4.78, 5) is 15.1. The number of hydrogen-bond donors (Lipinski definition) is 0. The topological polar surface area (TPSA) is 29.5 Å². The van der Waals surface area contributed by atoms with E-state index in [-0.39, 0.29) is 6.09 Å². The second kappa shape index (κ2) is 4.69. The van der Waals surface area contributed by atoms with Crippen LogP contribution in [-0.4, -0.2) is 29.7 Å². The zero-order chi connectivity index (χ0) is 12.5. The van der Waals surface area contributed by atoms with Crippen molar-refractivity contribution in [3.63, 3.8) is 0 Å². The first-order valence-corrected chi connectivity index (χ1v) is 6.85. The Morgan fingerprint density at radius 2 is 2.29 bits per heavy atom. The first-order valence-electron chi connectivity index (χ1n) is 5.97. The highest BCUT2D eigenvalue weighted by molar-refractivity contribution is 7.10. The molecule has 1 aliphatic heterocycles. The Morgan fingerprint density at radius 1 is 1.53 bits per heavy atom. The fraction of sp³-hybridized carbons (Fsp3) is 0.615. The molecule has 0 aromatic carbocycles. The smallest absolute Gasteiger partial charge is 0.410 e. The Hall–Kier alpha value is -1.03. The number of likely N-dealkylation sites (tertiary alicyclic amines) is 1. The van der Waals surface area contributed by atoms with Gasteiger partial charge in [0.25, 0.3) is 0 Å². The molecule has 1 saturated heterocycles. The van der Waals surface area contributed by atoms with Gasteiger partial charge in [-0.1, -0.05) is 6.07 Å². The van der Waals surface area contributed by atoms with Crippen molar-refractivity contribution >= 4 is 17.4 Å². The maximum atomic E-state index is 11.9. The van der Waals surface area contributed by atoms with Crippen LogP contribution in [0.2, 0.25) is 0 Å². The molecule has 4 heteroatoms. The highest BCUT2D eigenvalue weighted by atomic mass is 32.1. The normalized spacial score (nSPS) is 20.6. The highest BCUT2D eigenvalue weighted by Gasteiger charge is 2.30. The minimum absolute atomic E-state index is 0.184. The third kappa shape index (κ3) is 3.22. The third-order valence-electron chi connectivity index (χ3n) is 2.79. The van der Waals surface area contributed by atoms with Gasteiger partial charge < -0.3 is 9.64 Å². The van der Waals surface area contributed by atoms with E-state index in [0.29, 0.717) is 5.92 Å². The van der Waals surface area contributed by atoms with Gasteiger partial charge in [-0.15, -0.1) is 11.3 Å². The van der Waals surface area contributed by atoms with E-state index < -0.39 is 5.60 Å². The lowest BCUT2D eigenvalue weighted by molar-refractivity contribution is 0.0292. The zero-order valence-corrected chi connectivity index (χ0v) is 11.4. The summed E-state index contributed by atoms with van der Waals surface area (Å²) in [6, 6.07) is 4.21. The summed E-state index contributed by atoms with van der Waals surface area (Å²) in [6.07, 6.45) is 0.858. The molecule has 0 bridgehead atoms. The molecule has 3 nitrogen and oxygen atoms in total. The Kier molecular flexibility index (Phi) is 3.43. The van der Waals surface area contributed by atoms with Crippen LogP contribution in [-0.2, 0) is 4.74 Å². The fourth-order valence-corrected chi connectivity index (χ4v) is 2.86. The van der Waals surface area contributed by atoms with Crippen LogP contribution in [0.25, 0.3) is 0 Å². The van der Waals surface area contributed by atoms with Gasteiger partial charge in [0.1, 0.15) is 5.60 Å². The number of nitrogens with zero attached hydrogens (tertiary/aromatic N) is 1. The van der Waals surface area contributed by atoms with Crippen LogP contribution < -0.4 is 0 Å². The second-order valence-electron chi connectivity index (χ2n) is 5.43. The Morgan fingerprint density at radius 3 is 2.88 bits per heavy atom. The summed E-state index contributed by atoms with van der Waals surface area (Å²) >= 11 is 1.77. The van der Waals surface area contributed by atoms with Crippen molar-refractivity contribution in [2.24, 2.45) is 0 Å². The van der Waals surface area contributed by atoms with Crippen molar-refractivity contribution in [1.29, 1.82) is 0 Å². The van der Waals surface area contributed by atoms with Crippen LogP contribution in [0, 0.1) is 0 Å². The monoisotopic (exact) mass is 253 g/mol. The summed E-state index contributed by atoms with van der Waals surface area (Å²) < 4.78 is 5.38. The number of rotatable bonds is 1. The summed E-state index contributed by atoms with van der Waals surface area (Å²) in [5.41, 5.74) is -0.405. The molecule has 0 radical (unpaired) electrons. The van der Waals surface area contributed by atoms with Gasteiger partial charge in [0, 0.05) is 23.9 Å². The molecular weight excluding hydrogens is 234 g/mol. The molecule has 1 atom stereocenters. The molecule has 2 rings (SSSR count). The molecule has 0 aliphatic carbocycles. The van der Waals surface area contributed by atoms with E-state index in [9.17, 15) is 4.79 Å². The molecule has 94 valence electrons. The minimum Gasteiger partial charge on any atom is -0.444 e. The number of thiophene rings is 1. The molecule has 0 saturated carbocycles. The van der Waals surface area contributed by atoms with E-state index in [1.54, 1.807) is 11.3 Å². The first kappa shape index (κ1) is 12.4. The first-order chi connectivity index (χ1) is 7.96. The third-order valence-corrected chi connectivity index (χ3v) is 3.82. The maximum Gasteiger partial charge on any atom is 0.410 e. The van der Waals surface area contributed by atoms with Crippen LogP contribution >= 0.6 is 11.3 Å². The van der Waals surface area contributed by atoms with Gasteiger partial charge in [0.05, 0.1) is 0 Å². The lowest BCUT2D eigenvalue weighted by Crippen LogP contribution is -2.35. The molecular formula is C13H19NO2S. The van der Waals surface area contributed by atoms with Crippen molar-refractivity contribution in [2.75, 3.05) is 13.1 Å². The largest absolute Gasteiger partial charge is 0.444 e. The van der Waals surface area contributed by atoms with Crippen molar-refractivity contribution in [3.8, 4) is 0 Å². The Bertz CT molecular complexity index is 381. The van der Waals surface area contributed by atoms with Crippen LogP contribution in [0.3, 0.4) is 0 Å². The van der Waals surface area contributed by atoms with Gasteiger partial charge in [-0.3, -0.25) is 0 Å². The van der Waals surface area contributed by atoms with Crippen LogP contribution in [0.5, 0.6) is 0 Å². The van der Waals surface area contributed by atoms with Crippen molar-refractivity contribution < 1.29 is 9.53 Å². The summed E-state index contributed by atoms with van der Waals surface area (Å²) in [5.74, 6) is 0.488. The zero-order valence-electron chi connectivity index (χ0n) is 10.6. The van der Waals surface area contributed by atoms with Crippen molar-refractivity contribution in [2.45, 2.75) is 38.7 Å². The molecule has 1 fully saturated rings. The minimum atomic E-state index is -0.405. The van der Waals surface area contributed by atoms with Gasteiger partial charge in [0.2, 0.25) is 0 Å². The van der Waals surface area contributed by atoms with E-state index in [4.69, 9.17) is 4.74 Å². The van der Waals surface area contributed by atoms with Crippen molar-refractivity contribution in [3.05, 3.63) is 22.4 Å². The summed E-state index contributed by atoms with van der Waals surface area (Å²) in [6.45, 7) is 7.29. The van der Waals surface area contributed by atoms with Gasteiger partial charge in [-0.25, -0.2) is 4.79 Å². The maximum absolute atomic E-state index is 11.9. The highest BCUT2D eigenvalue weighted by Crippen LogP contribution is 2.30. The second-order valence-corrected chi connectivity index (χ2v) is 6.41. The van der Waals surface area contributed by atoms with E-state index >= 15 is 0 Å². The fourth-order valence-electron chi connectivity index (χ4n) is 2.01. The average Bonchev–Trinajstić information content (AvgIpc) is 2.86. The number of hydrogen-bond acceptors (Lipinski definition) is 3. The predicted octanol–water partition coefficient (Wildman–Crippen LogP) is 3.47. The van der Waals surface area contributed by atoms with Gasteiger partial charge in [-0.2, -0.15) is 0 Å². The molecule has 1 aromatic rings. The van der Waals surface area contributed by atoms with Crippen LogP contribution in [0.1, 0.15) is 38.0 Å². The van der Waals surface area contributed by atoms with Gasteiger partial charge in [-0.05, 0) is 38.6 Å². The van der Waals surface area contributed by atoms with E-state index in [2.05, 4.69) is 17.5 Å². The van der Waals surface area contributed by atoms with Gasteiger partial charge in [0.15, 0.2) is 0 Å². The standard InChI is InChI=1S/C13H19NO2S/c1-13(2,3)16-12(15)14-7-6-10(9-14)11-5-4-8-17-11/h4-5,8,10H,6-7,9H2,1-3H3/t10-/m1/s1. The molecule has 17 heavy (non-hydrogen) atoms. The van der Waals surface area contributed by atoms with Gasteiger partial charge >= 0.3 is 6.09 Å². The average molecular weight is 253 g/mol. The Balaban J connectivity index is 1.92. The molecule has 2 heterocycles. The molecule has 1 amide bonds. The lowest BCUT2D eigenvalue weighted by Gasteiger charge is -2.24. The number of ether oxygens (including phenoxy) is 1.